The van der Waals surface area contributed by atoms with Gasteiger partial charge in [-0.15, -0.1) is 0 Å². The molecule has 0 radical (unpaired) electrons. The van der Waals surface area contributed by atoms with Gasteiger partial charge in [0.1, 0.15) is 11.2 Å². The summed E-state index contributed by atoms with van der Waals surface area (Å²) in [6.07, 6.45) is 0.807. The van der Waals surface area contributed by atoms with Crippen LogP contribution in [0.3, 0.4) is 0 Å². The molecule has 29 heavy (non-hydrogen) atoms. The minimum Gasteiger partial charge on any atom is -0.328 e. The van der Waals surface area contributed by atoms with E-state index in [4.69, 9.17) is 16.6 Å². The highest BCUT2D eigenvalue weighted by Crippen LogP contribution is 2.22. The molecule has 0 unspecified atom stereocenters. The molecule has 2 aromatic heterocycles. The summed E-state index contributed by atoms with van der Waals surface area (Å²) in [4.78, 5) is 31.5. The Labute approximate surface area is 173 Å². The predicted molar refractivity (Wildman–Crippen MR) is 119 cm³/mol. The monoisotopic (exact) mass is 407 g/mol. The molecule has 0 bridgehead atoms. The summed E-state index contributed by atoms with van der Waals surface area (Å²) >= 11 is 6.04. The zero-order valence-electron chi connectivity index (χ0n) is 16.6. The topological polar surface area (TPSA) is 56.9 Å². The van der Waals surface area contributed by atoms with E-state index < -0.39 is 0 Å². The van der Waals surface area contributed by atoms with Crippen LogP contribution >= 0.6 is 11.6 Å². The summed E-state index contributed by atoms with van der Waals surface area (Å²) < 4.78 is 3.45. The largest absolute Gasteiger partial charge is 0.328 e. The van der Waals surface area contributed by atoms with Gasteiger partial charge in [-0.3, -0.25) is 14.2 Å². The molecule has 0 aliphatic rings. The van der Waals surface area contributed by atoms with E-state index in [1.165, 1.54) is 0 Å². The Morgan fingerprint density at radius 2 is 1.72 bits per heavy atom. The zero-order valence-corrected chi connectivity index (χ0v) is 17.4. The van der Waals surface area contributed by atoms with Crippen molar-refractivity contribution in [3.63, 3.8) is 0 Å². The summed E-state index contributed by atoms with van der Waals surface area (Å²) in [5.74, 6) is 0.959. The SMILES string of the molecule is CC(C)CCn1c(-c2ccc(Cl)cc2)nc2c(c(=O)c3ccccc3n2C)c1=O. The summed E-state index contributed by atoms with van der Waals surface area (Å²) in [6.45, 7) is 4.70. The lowest BCUT2D eigenvalue weighted by atomic mass is 10.1. The Balaban J connectivity index is 2.13. The number of nitrogens with zero attached hydrogens (tertiary/aromatic N) is 3. The van der Waals surface area contributed by atoms with Gasteiger partial charge in [0.05, 0.1) is 5.52 Å². The molecule has 0 saturated heterocycles. The van der Waals surface area contributed by atoms with Crippen LogP contribution in [0.1, 0.15) is 20.3 Å². The molecular weight excluding hydrogens is 386 g/mol. The van der Waals surface area contributed by atoms with E-state index >= 15 is 0 Å². The average molecular weight is 408 g/mol. The van der Waals surface area contributed by atoms with E-state index in [2.05, 4.69) is 13.8 Å². The van der Waals surface area contributed by atoms with E-state index in [9.17, 15) is 9.59 Å². The fourth-order valence-electron chi connectivity index (χ4n) is 3.61. The summed E-state index contributed by atoms with van der Waals surface area (Å²) in [5, 5.41) is 1.27. The van der Waals surface area contributed by atoms with Crippen LogP contribution in [0.4, 0.5) is 0 Å². The second kappa shape index (κ2) is 7.48. The summed E-state index contributed by atoms with van der Waals surface area (Å²) in [5.41, 5.74) is 1.36. The first-order valence-electron chi connectivity index (χ1n) is 9.66. The van der Waals surface area contributed by atoms with Crippen molar-refractivity contribution >= 4 is 33.5 Å². The fraction of sp³-hybridized carbons (Fsp3) is 0.261. The van der Waals surface area contributed by atoms with Gasteiger partial charge in [0.2, 0.25) is 5.43 Å². The van der Waals surface area contributed by atoms with Crippen LogP contribution < -0.4 is 11.0 Å². The summed E-state index contributed by atoms with van der Waals surface area (Å²) in [7, 11) is 1.83. The maximum absolute atomic E-state index is 13.5. The smallest absolute Gasteiger partial charge is 0.267 e. The van der Waals surface area contributed by atoms with Crippen LogP contribution in [0, 0.1) is 5.92 Å². The van der Waals surface area contributed by atoms with Crippen molar-refractivity contribution in [3.05, 3.63) is 74.1 Å². The van der Waals surface area contributed by atoms with Gasteiger partial charge in [0, 0.05) is 29.6 Å². The van der Waals surface area contributed by atoms with E-state index in [1.54, 1.807) is 22.8 Å². The quantitative estimate of drug-likeness (QED) is 0.464. The van der Waals surface area contributed by atoms with Crippen LogP contribution in [0.15, 0.2) is 58.1 Å². The van der Waals surface area contributed by atoms with Gasteiger partial charge in [-0.2, -0.15) is 0 Å². The molecule has 0 amide bonds. The number of aryl methyl sites for hydroxylation is 1. The van der Waals surface area contributed by atoms with Crippen molar-refractivity contribution in [2.45, 2.75) is 26.8 Å². The molecule has 0 atom stereocenters. The predicted octanol–water partition coefficient (Wildman–Crippen LogP) is 4.61. The Morgan fingerprint density at radius 1 is 1.03 bits per heavy atom. The lowest BCUT2D eigenvalue weighted by molar-refractivity contribution is 0.509. The molecule has 5 nitrogen and oxygen atoms in total. The molecule has 148 valence electrons. The molecule has 0 aliphatic carbocycles. The first-order valence-corrected chi connectivity index (χ1v) is 10.0. The van der Waals surface area contributed by atoms with E-state index in [-0.39, 0.29) is 16.4 Å². The van der Waals surface area contributed by atoms with Gasteiger partial charge in [0.25, 0.3) is 5.56 Å². The van der Waals surface area contributed by atoms with E-state index in [1.807, 2.05) is 41.9 Å². The number of halogens is 1. The second-order valence-corrected chi connectivity index (χ2v) is 8.12. The van der Waals surface area contributed by atoms with Gasteiger partial charge < -0.3 is 4.57 Å². The molecular formula is C23H22ClN3O2. The molecule has 0 spiro atoms. The third-order valence-electron chi connectivity index (χ3n) is 5.24. The average Bonchev–Trinajstić information content (AvgIpc) is 2.71. The maximum atomic E-state index is 13.5. The number of aromatic nitrogens is 3. The van der Waals surface area contributed by atoms with Gasteiger partial charge in [-0.25, -0.2) is 4.98 Å². The molecule has 0 saturated carbocycles. The number of hydrogen-bond acceptors (Lipinski definition) is 3. The van der Waals surface area contributed by atoms with Crippen LogP contribution in [0.5, 0.6) is 0 Å². The lowest BCUT2D eigenvalue weighted by Gasteiger charge is -2.17. The summed E-state index contributed by atoms with van der Waals surface area (Å²) in [6, 6.07) is 14.5. The molecule has 0 aliphatic heterocycles. The van der Waals surface area contributed by atoms with E-state index in [0.29, 0.717) is 34.3 Å². The van der Waals surface area contributed by atoms with Crippen LogP contribution in [0.25, 0.3) is 33.3 Å². The minimum absolute atomic E-state index is 0.132. The first kappa shape index (κ1) is 19.4. The van der Waals surface area contributed by atoms with Gasteiger partial charge in [-0.1, -0.05) is 37.6 Å². The second-order valence-electron chi connectivity index (χ2n) is 7.69. The number of benzene rings is 2. The molecule has 0 fully saturated rings. The number of rotatable bonds is 4. The Bertz CT molecular complexity index is 1340. The molecule has 2 aromatic carbocycles. The number of hydrogen-bond donors (Lipinski definition) is 0. The Hall–Kier alpha value is -2.92. The third kappa shape index (κ3) is 3.36. The van der Waals surface area contributed by atoms with Crippen molar-refractivity contribution in [2.75, 3.05) is 0 Å². The molecule has 6 heteroatoms. The number of para-hydroxylation sites is 1. The molecule has 4 aromatic rings. The fourth-order valence-corrected chi connectivity index (χ4v) is 3.73. The Kier molecular flexibility index (Phi) is 5.01. The first-order chi connectivity index (χ1) is 13.9. The zero-order chi connectivity index (χ0) is 20.7. The van der Waals surface area contributed by atoms with Crippen LogP contribution in [-0.4, -0.2) is 14.1 Å². The third-order valence-corrected chi connectivity index (χ3v) is 5.49. The highest BCUT2D eigenvalue weighted by atomic mass is 35.5. The molecule has 2 heterocycles. The normalized spacial score (nSPS) is 11.6. The van der Waals surface area contributed by atoms with Crippen LogP contribution in [0.2, 0.25) is 5.02 Å². The number of fused-ring (bicyclic) bond motifs is 2. The highest BCUT2D eigenvalue weighted by molar-refractivity contribution is 6.30. The number of pyridine rings is 1. The van der Waals surface area contributed by atoms with Gasteiger partial charge in [-0.05, 0) is 48.7 Å². The maximum Gasteiger partial charge on any atom is 0.267 e. The van der Waals surface area contributed by atoms with Gasteiger partial charge >= 0.3 is 0 Å². The van der Waals surface area contributed by atoms with Crippen molar-refractivity contribution in [3.8, 4) is 11.4 Å². The van der Waals surface area contributed by atoms with Crippen molar-refractivity contribution in [1.82, 2.24) is 14.1 Å². The standard InChI is InChI=1S/C23H22ClN3O2/c1-14(2)12-13-27-21(15-8-10-16(24)11-9-15)25-22-19(23(27)29)20(28)17-6-4-5-7-18(17)26(22)3/h4-11,14H,12-13H2,1-3H3. The minimum atomic E-state index is -0.299. The Morgan fingerprint density at radius 3 is 2.41 bits per heavy atom. The van der Waals surface area contributed by atoms with Crippen molar-refractivity contribution in [1.29, 1.82) is 0 Å². The van der Waals surface area contributed by atoms with Crippen molar-refractivity contribution in [2.24, 2.45) is 13.0 Å². The van der Waals surface area contributed by atoms with Gasteiger partial charge in [0.15, 0.2) is 5.65 Å². The molecule has 4 rings (SSSR count). The highest BCUT2D eigenvalue weighted by Gasteiger charge is 2.19. The molecule has 0 N–H and O–H groups in total. The van der Waals surface area contributed by atoms with E-state index in [0.717, 1.165) is 17.5 Å². The van der Waals surface area contributed by atoms with Crippen LogP contribution in [-0.2, 0) is 13.6 Å². The lowest BCUT2D eigenvalue weighted by Crippen LogP contribution is -2.29. The van der Waals surface area contributed by atoms with Crippen molar-refractivity contribution < 1.29 is 0 Å².